The van der Waals surface area contributed by atoms with Crippen molar-refractivity contribution in [3.63, 3.8) is 0 Å². The number of aldehydes is 1. The lowest BCUT2D eigenvalue weighted by Gasteiger charge is -2.03. The Morgan fingerprint density at radius 2 is 2.19 bits per heavy atom. The number of halogens is 2. The third-order valence-electron chi connectivity index (χ3n) is 2.10. The normalized spacial score (nSPS) is 10.1. The van der Waals surface area contributed by atoms with Crippen LogP contribution in [0.2, 0.25) is 0 Å². The average molecular weight is 290 g/mol. The average Bonchev–Trinajstić information content (AvgIpc) is 2.23. The van der Waals surface area contributed by atoms with Crippen LogP contribution < -0.4 is 0 Å². The smallest absolute Gasteiger partial charge is 0.303 e. The van der Waals surface area contributed by atoms with Crippen molar-refractivity contribution < 1.29 is 14.1 Å². The molecule has 0 heterocycles. The molecular weight excluding hydrogens is 281 g/mol. The molecule has 0 saturated carbocycles. The number of hydrogen-bond donors (Lipinski definition) is 0. The first-order valence-corrected chi connectivity index (χ1v) is 5.42. The first kappa shape index (κ1) is 12.8. The van der Waals surface area contributed by atoms with E-state index in [1.54, 1.807) is 0 Å². The second kappa shape index (κ2) is 5.69. The summed E-state index contributed by atoms with van der Waals surface area (Å²) in [4.78, 5) is 20.1. The molecule has 0 spiro atoms. The van der Waals surface area contributed by atoms with Crippen LogP contribution in [0.15, 0.2) is 16.6 Å². The van der Waals surface area contributed by atoms with E-state index in [0.29, 0.717) is 24.8 Å². The van der Waals surface area contributed by atoms with Crippen LogP contribution in [-0.2, 0) is 11.2 Å². The fraction of sp³-hybridized carbons (Fsp3) is 0.300. The van der Waals surface area contributed by atoms with E-state index < -0.39 is 16.4 Å². The molecule has 6 heteroatoms. The molecule has 0 aliphatic heterocycles. The van der Waals surface area contributed by atoms with Gasteiger partial charge in [0.2, 0.25) is 5.82 Å². The monoisotopic (exact) mass is 289 g/mol. The molecule has 0 aromatic heterocycles. The van der Waals surface area contributed by atoms with E-state index in [9.17, 15) is 19.3 Å². The van der Waals surface area contributed by atoms with Crippen LogP contribution >= 0.6 is 15.9 Å². The maximum Gasteiger partial charge on any atom is 0.309 e. The highest BCUT2D eigenvalue weighted by atomic mass is 79.9. The quantitative estimate of drug-likeness (QED) is 0.362. The predicted octanol–water partition coefficient (Wildman–Crippen LogP) is 3.02. The van der Waals surface area contributed by atoms with Gasteiger partial charge in [0.05, 0.1) is 9.40 Å². The summed E-state index contributed by atoms with van der Waals surface area (Å²) in [6.07, 6.45) is 1.85. The molecule has 1 rings (SSSR count). The zero-order valence-electron chi connectivity index (χ0n) is 8.28. The van der Waals surface area contributed by atoms with Crippen molar-refractivity contribution in [2.45, 2.75) is 19.3 Å². The number of nitro groups is 1. The zero-order valence-corrected chi connectivity index (χ0v) is 9.87. The van der Waals surface area contributed by atoms with Gasteiger partial charge in [-0.25, -0.2) is 0 Å². The largest absolute Gasteiger partial charge is 0.309 e. The van der Waals surface area contributed by atoms with E-state index in [2.05, 4.69) is 15.9 Å². The molecule has 1 aromatic carbocycles. The number of nitrogens with zero attached hydrogens (tertiary/aromatic N) is 1. The molecule has 4 nitrogen and oxygen atoms in total. The lowest BCUT2D eigenvalue weighted by Crippen LogP contribution is -2.00. The van der Waals surface area contributed by atoms with E-state index in [-0.39, 0.29) is 4.47 Å². The van der Waals surface area contributed by atoms with Crippen molar-refractivity contribution >= 4 is 27.9 Å². The number of unbranched alkanes of at least 4 members (excludes halogenated alkanes) is 1. The fourth-order valence-electron chi connectivity index (χ4n) is 1.35. The minimum atomic E-state index is -0.867. The Hall–Kier alpha value is -1.30. The highest BCUT2D eigenvalue weighted by Gasteiger charge is 2.21. The van der Waals surface area contributed by atoms with E-state index in [0.717, 1.165) is 6.29 Å². The molecule has 0 aliphatic rings. The number of rotatable bonds is 5. The van der Waals surface area contributed by atoms with Gasteiger partial charge in [-0.2, -0.15) is 4.39 Å². The van der Waals surface area contributed by atoms with Crippen molar-refractivity contribution in [2.24, 2.45) is 0 Å². The Balaban J connectivity index is 3.03. The van der Waals surface area contributed by atoms with Crippen molar-refractivity contribution in [3.05, 3.63) is 38.1 Å². The topological polar surface area (TPSA) is 60.2 Å². The van der Waals surface area contributed by atoms with Crippen molar-refractivity contribution in [1.82, 2.24) is 0 Å². The number of nitro benzene ring substituents is 1. The standard InChI is InChI=1S/C10H9BrFNO3/c11-8-5-4-7(3-1-2-6-14)10(9(8)12)13(15)16/h4-6H,1-3H2. The number of benzene rings is 1. The Bertz CT molecular complexity index is 423. The lowest BCUT2D eigenvalue weighted by atomic mass is 10.1. The molecule has 0 aliphatic carbocycles. The van der Waals surface area contributed by atoms with Crippen LogP contribution in [0.5, 0.6) is 0 Å². The van der Waals surface area contributed by atoms with Crippen molar-refractivity contribution in [2.75, 3.05) is 0 Å². The Morgan fingerprint density at radius 1 is 1.50 bits per heavy atom. The van der Waals surface area contributed by atoms with E-state index in [1.165, 1.54) is 12.1 Å². The second-order valence-corrected chi connectivity index (χ2v) is 4.04. The van der Waals surface area contributed by atoms with E-state index in [4.69, 9.17) is 0 Å². The minimum Gasteiger partial charge on any atom is -0.303 e. The number of aryl methyl sites for hydroxylation is 1. The third-order valence-corrected chi connectivity index (χ3v) is 2.72. The first-order chi connectivity index (χ1) is 7.57. The molecule has 16 heavy (non-hydrogen) atoms. The van der Waals surface area contributed by atoms with Gasteiger partial charge in [-0.05, 0) is 34.8 Å². The molecule has 86 valence electrons. The summed E-state index contributed by atoms with van der Waals surface area (Å²) in [6.45, 7) is 0. The van der Waals surface area contributed by atoms with Crippen LogP contribution in [0.4, 0.5) is 10.1 Å². The summed E-state index contributed by atoms with van der Waals surface area (Å²) in [5.74, 6) is -0.867. The number of carbonyl (C=O) groups is 1. The second-order valence-electron chi connectivity index (χ2n) is 3.19. The van der Waals surface area contributed by atoms with Crippen LogP contribution in [0, 0.1) is 15.9 Å². The van der Waals surface area contributed by atoms with Gasteiger partial charge in [-0.15, -0.1) is 0 Å². The fourth-order valence-corrected chi connectivity index (χ4v) is 1.67. The van der Waals surface area contributed by atoms with Gasteiger partial charge in [0.15, 0.2) is 0 Å². The molecule has 0 amide bonds. The van der Waals surface area contributed by atoms with Crippen LogP contribution in [0.25, 0.3) is 0 Å². The predicted molar refractivity (Wildman–Crippen MR) is 59.8 cm³/mol. The summed E-state index contributed by atoms with van der Waals surface area (Å²) >= 11 is 2.89. The molecule has 1 aromatic rings. The van der Waals surface area contributed by atoms with Gasteiger partial charge >= 0.3 is 5.69 Å². The zero-order chi connectivity index (χ0) is 12.1. The Kier molecular flexibility index (Phi) is 4.54. The van der Waals surface area contributed by atoms with Crippen LogP contribution in [-0.4, -0.2) is 11.2 Å². The summed E-state index contributed by atoms with van der Waals surface area (Å²) in [7, 11) is 0. The third kappa shape index (κ3) is 2.85. The molecule has 0 fully saturated rings. The van der Waals surface area contributed by atoms with Crippen LogP contribution in [0.1, 0.15) is 18.4 Å². The SMILES string of the molecule is O=CCCCc1ccc(Br)c(F)c1[N+](=O)[O-]. The number of carbonyl (C=O) groups excluding carboxylic acids is 1. The highest BCUT2D eigenvalue weighted by Crippen LogP contribution is 2.29. The molecule has 0 atom stereocenters. The van der Waals surface area contributed by atoms with Gasteiger partial charge < -0.3 is 4.79 Å². The van der Waals surface area contributed by atoms with E-state index >= 15 is 0 Å². The van der Waals surface area contributed by atoms with Gasteiger partial charge in [0, 0.05) is 12.0 Å². The van der Waals surface area contributed by atoms with Gasteiger partial charge in [-0.3, -0.25) is 10.1 Å². The maximum absolute atomic E-state index is 13.5. The number of hydrogen-bond acceptors (Lipinski definition) is 3. The summed E-state index contributed by atoms with van der Waals surface area (Å²) in [5, 5.41) is 10.7. The molecule has 0 N–H and O–H groups in total. The van der Waals surface area contributed by atoms with Gasteiger partial charge in [-0.1, -0.05) is 6.07 Å². The summed E-state index contributed by atoms with van der Waals surface area (Å²) in [5.41, 5.74) is -0.201. The molecule has 0 radical (unpaired) electrons. The van der Waals surface area contributed by atoms with Crippen LogP contribution in [0.3, 0.4) is 0 Å². The Labute approximate surface area is 99.7 Å². The molecule has 0 unspecified atom stereocenters. The molecule has 0 saturated heterocycles. The lowest BCUT2D eigenvalue weighted by molar-refractivity contribution is -0.388. The summed E-state index contributed by atoms with van der Waals surface area (Å²) < 4.78 is 13.5. The minimum absolute atomic E-state index is 0.0679. The van der Waals surface area contributed by atoms with Crippen molar-refractivity contribution in [3.8, 4) is 0 Å². The van der Waals surface area contributed by atoms with E-state index in [1.807, 2.05) is 0 Å². The van der Waals surface area contributed by atoms with Crippen molar-refractivity contribution in [1.29, 1.82) is 0 Å². The molecule has 0 bridgehead atoms. The molecular formula is C10H9BrFNO3. The summed E-state index contributed by atoms with van der Waals surface area (Å²) in [6, 6.07) is 2.93. The Morgan fingerprint density at radius 3 is 2.75 bits per heavy atom. The maximum atomic E-state index is 13.5. The van der Waals surface area contributed by atoms with Gasteiger partial charge in [0.25, 0.3) is 0 Å². The van der Waals surface area contributed by atoms with Gasteiger partial charge in [0.1, 0.15) is 6.29 Å². The highest BCUT2D eigenvalue weighted by molar-refractivity contribution is 9.10. The first-order valence-electron chi connectivity index (χ1n) is 4.62.